The zero-order valence-corrected chi connectivity index (χ0v) is 20.1. The Balaban J connectivity index is 0.00000729. The molecule has 0 saturated carbocycles. The van der Waals surface area contributed by atoms with Gasteiger partial charge in [0.1, 0.15) is 6.54 Å². The van der Waals surface area contributed by atoms with Crippen LogP contribution in [0.15, 0.2) is 29.3 Å². The minimum Gasteiger partial charge on any atom is -0.356 e. The Morgan fingerprint density at radius 2 is 1.75 bits per heavy atom. The molecule has 1 rings (SSSR count). The molecule has 0 bridgehead atoms. The number of nitrogens with one attached hydrogen (secondary N) is 2. The molecular formula is C20H34IN5O2. The summed E-state index contributed by atoms with van der Waals surface area (Å²) in [5.74, 6) is 1.04. The minimum atomic E-state index is -0.0458. The summed E-state index contributed by atoms with van der Waals surface area (Å²) >= 11 is 0. The summed E-state index contributed by atoms with van der Waals surface area (Å²) in [7, 11) is 6.92. The maximum absolute atomic E-state index is 12.1. The predicted molar refractivity (Wildman–Crippen MR) is 125 cm³/mol. The van der Waals surface area contributed by atoms with Crippen molar-refractivity contribution in [2.45, 2.75) is 20.3 Å². The number of guanidine groups is 1. The summed E-state index contributed by atoms with van der Waals surface area (Å²) in [5.41, 5.74) is 1.75. The molecular weight excluding hydrogens is 469 g/mol. The summed E-state index contributed by atoms with van der Waals surface area (Å²) in [6, 6.07) is 7.64. The van der Waals surface area contributed by atoms with Gasteiger partial charge >= 0.3 is 0 Å². The maximum atomic E-state index is 12.1. The van der Waals surface area contributed by atoms with Crippen LogP contribution in [0.1, 0.15) is 29.8 Å². The van der Waals surface area contributed by atoms with E-state index in [0.29, 0.717) is 24.0 Å². The van der Waals surface area contributed by atoms with Crippen LogP contribution in [0, 0.1) is 5.92 Å². The SMILES string of the molecule is CC(C)CNC(=NCC(=O)N(C)C)NCCc1cccc(C(=O)N(C)C)c1.I. The molecule has 28 heavy (non-hydrogen) atoms. The Morgan fingerprint density at radius 1 is 1.07 bits per heavy atom. The van der Waals surface area contributed by atoms with Crippen LogP contribution in [0.3, 0.4) is 0 Å². The van der Waals surface area contributed by atoms with E-state index in [1.165, 1.54) is 4.90 Å². The predicted octanol–water partition coefficient (Wildman–Crippen LogP) is 1.83. The van der Waals surface area contributed by atoms with E-state index in [1.54, 1.807) is 33.1 Å². The van der Waals surface area contributed by atoms with Crippen LogP contribution in [-0.4, -0.2) is 75.4 Å². The third-order valence-electron chi connectivity index (χ3n) is 3.84. The van der Waals surface area contributed by atoms with Crippen molar-refractivity contribution in [1.82, 2.24) is 20.4 Å². The fraction of sp³-hybridized carbons (Fsp3) is 0.550. The third kappa shape index (κ3) is 9.91. The molecule has 0 saturated heterocycles. The number of amides is 2. The highest BCUT2D eigenvalue weighted by Crippen LogP contribution is 2.07. The van der Waals surface area contributed by atoms with Crippen LogP contribution >= 0.6 is 24.0 Å². The number of halogens is 1. The third-order valence-corrected chi connectivity index (χ3v) is 3.84. The topological polar surface area (TPSA) is 77.0 Å². The first-order valence-corrected chi connectivity index (χ1v) is 9.23. The van der Waals surface area contributed by atoms with Gasteiger partial charge in [-0.3, -0.25) is 9.59 Å². The average Bonchev–Trinajstić information content (AvgIpc) is 2.62. The Kier molecular flexibility index (Phi) is 12.5. The summed E-state index contributed by atoms with van der Waals surface area (Å²) < 4.78 is 0. The average molecular weight is 503 g/mol. The van der Waals surface area contributed by atoms with Crippen molar-refractivity contribution in [2.24, 2.45) is 10.9 Å². The largest absolute Gasteiger partial charge is 0.356 e. The molecule has 2 amide bonds. The normalized spacial score (nSPS) is 10.9. The Hall–Kier alpha value is -1.84. The first kappa shape index (κ1) is 26.2. The second-order valence-electron chi connectivity index (χ2n) is 7.30. The first-order chi connectivity index (χ1) is 12.7. The molecule has 158 valence electrons. The zero-order valence-electron chi connectivity index (χ0n) is 17.8. The molecule has 0 fully saturated rings. The van der Waals surface area contributed by atoms with Gasteiger partial charge in [-0.2, -0.15) is 0 Å². The number of aliphatic imine (C=N–C) groups is 1. The highest BCUT2D eigenvalue weighted by atomic mass is 127. The van der Waals surface area contributed by atoms with Crippen molar-refractivity contribution < 1.29 is 9.59 Å². The molecule has 2 N–H and O–H groups in total. The van der Waals surface area contributed by atoms with Crippen LogP contribution in [0.4, 0.5) is 0 Å². The lowest BCUT2D eigenvalue weighted by atomic mass is 10.1. The number of carbonyl (C=O) groups is 2. The Morgan fingerprint density at radius 3 is 2.32 bits per heavy atom. The summed E-state index contributed by atoms with van der Waals surface area (Å²) in [5, 5.41) is 6.51. The lowest BCUT2D eigenvalue weighted by Gasteiger charge is -2.15. The van der Waals surface area contributed by atoms with Crippen molar-refractivity contribution in [3.8, 4) is 0 Å². The van der Waals surface area contributed by atoms with Crippen LogP contribution in [0.25, 0.3) is 0 Å². The van der Waals surface area contributed by atoms with E-state index in [0.717, 1.165) is 18.5 Å². The lowest BCUT2D eigenvalue weighted by Crippen LogP contribution is -2.41. The molecule has 0 spiro atoms. The zero-order chi connectivity index (χ0) is 20.4. The van der Waals surface area contributed by atoms with Crippen LogP contribution in [-0.2, 0) is 11.2 Å². The van der Waals surface area contributed by atoms with Gasteiger partial charge in [0.05, 0.1) is 0 Å². The van der Waals surface area contributed by atoms with Gasteiger partial charge in [-0.25, -0.2) is 4.99 Å². The van der Waals surface area contributed by atoms with E-state index < -0.39 is 0 Å². The van der Waals surface area contributed by atoms with Crippen molar-refractivity contribution in [2.75, 3.05) is 47.8 Å². The van der Waals surface area contributed by atoms with Crippen molar-refractivity contribution >= 4 is 41.8 Å². The second-order valence-corrected chi connectivity index (χ2v) is 7.30. The van der Waals surface area contributed by atoms with Gasteiger partial charge in [0.25, 0.3) is 5.91 Å². The van der Waals surface area contributed by atoms with Crippen molar-refractivity contribution in [1.29, 1.82) is 0 Å². The van der Waals surface area contributed by atoms with Gasteiger partial charge in [-0.1, -0.05) is 26.0 Å². The highest BCUT2D eigenvalue weighted by molar-refractivity contribution is 14.0. The molecule has 0 aliphatic rings. The molecule has 0 heterocycles. The van der Waals surface area contributed by atoms with Crippen molar-refractivity contribution in [3.05, 3.63) is 35.4 Å². The number of nitrogens with zero attached hydrogens (tertiary/aromatic N) is 3. The van der Waals surface area contributed by atoms with E-state index >= 15 is 0 Å². The quantitative estimate of drug-likeness (QED) is 0.323. The van der Waals surface area contributed by atoms with E-state index in [-0.39, 0.29) is 42.3 Å². The first-order valence-electron chi connectivity index (χ1n) is 9.23. The molecule has 1 aromatic carbocycles. The molecule has 0 aliphatic heterocycles. The second kappa shape index (κ2) is 13.4. The summed E-state index contributed by atoms with van der Waals surface area (Å²) in [6.45, 7) is 5.76. The van der Waals surface area contributed by atoms with Crippen LogP contribution in [0.5, 0.6) is 0 Å². The number of likely N-dealkylation sites (N-methyl/N-ethyl adjacent to an activating group) is 1. The maximum Gasteiger partial charge on any atom is 0.253 e. The summed E-state index contributed by atoms with van der Waals surface area (Å²) in [4.78, 5) is 31.3. The minimum absolute atomic E-state index is 0. The fourth-order valence-corrected chi connectivity index (χ4v) is 2.21. The number of hydrogen-bond acceptors (Lipinski definition) is 3. The molecule has 8 heteroatoms. The Bertz CT molecular complexity index is 660. The fourth-order valence-electron chi connectivity index (χ4n) is 2.21. The van der Waals surface area contributed by atoms with Gasteiger partial charge in [-0.05, 0) is 30.0 Å². The smallest absolute Gasteiger partial charge is 0.253 e. The lowest BCUT2D eigenvalue weighted by molar-refractivity contribution is -0.127. The van der Waals surface area contributed by atoms with Crippen LogP contribution < -0.4 is 10.6 Å². The molecule has 7 nitrogen and oxygen atoms in total. The summed E-state index contributed by atoms with van der Waals surface area (Å²) in [6.07, 6.45) is 0.749. The highest BCUT2D eigenvalue weighted by Gasteiger charge is 2.09. The molecule has 0 atom stereocenters. The number of benzene rings is 1. The van der Waals surface area contributed by atoms with Gasteiger partial charge in [-0.15, -0.1) is 24.0 Å². The molecule has 0 aromatic heterocycles. The standard InChI is InChI=1S/C20H33N5O2.HI/c1-15(2)13-22-20(23-14-18(26)24(3)4)21-11-10-16-8-7-9-17(12-16)19(27)25(5)6;/h7-9,12,15H,10-11,13-14H2,1-6H3,(H2,21,22,23);1H. The molecule has 0 unspecified atom stereocenters. The van der Waals surface area contributed by atoms with Crippen molar-refractivity contribution in [3.63, 3.8) is 0 Å². The number of hydrogen-bond donors (Lipinski definition) is 2. The van der Waals surface area contributed by atoms with Gasteiger partial charge in [0.15, 0.2) is 5.96 Å². The van der Waals surface area contributed by atoms with Gasteiger partial charge in [0.2, 0.25) is 5.91 Å². The molecule has 1 aromatic rings. The van der Waals surface area contributed by atoms with E-state index in [2.05, 4.69) is 29.5 Å². The van der Waals surface area contributed by atoms with E-state index in [9.17, 15) is 9.59 Å². The Labute approximate surface area is 186 Å². The van der Waals surface area contributed by atoms with E-state index in [1.807, 2.05) is 24.3 Å². The van der Waals surface area contributed by atoms with E-state index in [4.69, 9.17) is 0 Å². The monoisotopic (exact) mass is 503 g/mol. The van der Waals surface area contributed by atoms with Crippen LogP contribution in [0.2, 0.25) is 0 Å². The number of carbonyl (C=O) groups excluding carboxylic acids is 2. The molecule has 0 radical (unpaired) electrons. The number of rotatable bonds is 8. The van der Waals surface area contributed by atoms with Gasteiger partial charge in [0, 0.05) is 46.8 Å². The molecule has 0 aliphatic carbocycles. The van der Waals surface area contributed by atoms with Gasteiger partial charge < -0.3 is 20.4 Å².